The van der Waals surface area contributed by atoms with Gasteiger partial charge in [-0.1, -0.05) is 26.8 Å². The fourth-order valence-corrected chi connectivity index (χ4v) is 2.82. The Morgan fingerprint density at radius 1 is 0.944 bits per heavy atom. The Balaban J connectivity index is 1.91. The Labute approximate surface area is 109 Å². The first-order valence-electron chi connectivity index (χ1n) is 7.02. The van der Waals surface area contributed by atoms with Crippen LogP contribution in [0, 0.1) is 0 Å². The summed E-state index contributed by atoms with van der Waals surface area (Å²) in [4.78, 5) is 0. The third-order valence-corrected chi connectivity index (χ3v) is 4.01. The number of benzene rings is 1. The van der Waals surface area contributed by atoms with E-state index < -0.39 is 0 Å². The van der Waals surface area contributed by atoms with Crippen molar-refractivity contribution in [1.82, 2.24) is 0 Å². The van der Waals surface area contributed by atoms with E-state index in [-0.39, 0.29) is 17.6 Å². The average Bonchev–Trinajstić information content (AvgIpc) is 2.34. The van der Waals surface area contributed by atoms with Gasteiger partial charge in [-0.25, -0.2) is 0 Å². The predicted molar refractivity (Wildman–Crippen MR) is 72.4 cm³/mol. The minimum Gasteiger partial charge on any atom is -0.483 e. The molecule has 1 fully saturated rings. The summed E-state index contributed by atoms with van der Waals surface area (Å²) in [5, 5.41) is 0. The van der Waals surface area contributed by atoms with Crippen molar-refractivity contribution in [2.24, 2.45) is 0 Å². The number of hydrogen-bond donors (Lipinski definition) is 0. The number of fused-ring (bicyclic) bond motifs is 2. The molecule has 18 heavy (non-hydrogen) atoms. The summed E-state index contributed by atoms with van der Waals surface area (Å²) in [6.45, 7) is 6.67. The van der Waals surface area contributed by atoms with E-state index in [0.29, 0.717) is 0 Å². The minimum absolute atomic E-state index is 0.155. The van der Waals surface area contributed by atoms with Crippen LogP contribution in [0.5, 0.6) is 11.5 Å². The zero-order chi connectivity index (χ0) is 12.8. The van der Waals surface area contributed by atoms with E-state index in [1.54, 1.807) is 0 Å². The lowest BCUT2D eigenvalue weighted by Gasteiger charge is -2.37. The van der Waals surface area contributed by atoms with Crippen LogP contribution in [0.4, 0.5) is 0 Å². The molecule has 0 amide bonds. The third kappa shape index (κ3) is 2.09. The molecule has 2 heteroatoms. The third-order valence-electron chi connectivity index (χ3n) is 4.01. The second kappa shape index (κ2) is 4.18. The lowest BCUT2D eigenvalue weighted by molar-refractivity contribution is -0.00616. The molecule has 3 rings (SSSR count). The highest BCUT2D eigenvalue weighted by Gasteiger charge is 2.34. The van der Waals surface area contributed by atoms with Crippen LogP contribution in [-0.4, -0.2) is 12.2 Å². The molecule has 1 aromatic carbocycles. The van der Waals surface area contributed by atoms with Gasteiger partial charge in [-0.05, 0) is 48.8 Å². The molecular weight excluding hydrogens is 224 g/mol. The van der Waals surface area contributed by atoms with Crippen molar-refractivity contribution in [3.63, 3.8) is 0 Å². The number of hydrogen-bond acceptors (Lipinski definition) is 2. The molecule has 1 saturated carbocycles. The molecule has 0 radical (unpaired) electrons. The maximum atomic E-state index is 6.15. The minimum atomic E-state index is 0.155. The van der Waals surface area contributed by atoms with Crippen LogP contribution in [0.3, 0.4) is 0 Å². The summed E-state index contributed by atoms with van der Waals surface area (Å²) in [5.41, 5.74) is 1.46. The molecule has 1 aliphatic heterocycles. The number of ether oxygens (including phenoxy) is 2. The average molecular weight is 246 g/mol. The van der Waals surface area contributed by atoms with Crippen LogP contribution in [-0.2, 0) is 5.41 Å². The quantitative estimate of drug-likeness (QED) is 0.687. The van der Waals surface area contributed by atoms with Gasteiger partial charge in [0, 0.05) is 0 Å². The van der Waals surface area contributed by atoms with Gasteiger partial charge in [0.15, 0.2) is 11.5 Å². The summed E-state index contributed by atoms with van der Waals surface area (Å²) in [6, 6.07) is 6.38. The Hall–Kier alpha value is -1.18. The van der Waals surface area contributed by atoms with E-state index in [2.05, 4.69) is 39.0 Å². The molecule has 0 unspecified atom stereocenters. The molecule has 1 heterocycles. The first-order valence-corrected chi connectivity index (χ1v) is 7.02. The van der Waals surface area contributed by atoms with Crippen molar-refractivity contribution in [2.75, 3.05) is 0 Å². The Bertz CT molecular complexity index is 445. The smallest absolute Gasteiger partial charge is 0.162 e. The highest BCUT2D eigenvalue weighted by Crippen LogP contribution is 2.40. The fraction of sp³-hybridized carbons (Fsp3) is 0.625. The van der Waals surface area contributed by atoms with Gasteiger partial charge in [-0.15, -0.1) is 0 Å². The summed E-state index contributed by atoms with van der Waals surface area (Å²) >= 11 is 0. The Morgan fingerprint density at radius 2 is 1.56 bits per heavy atom. The molecule has 0 spiro atoms. The van der Waals surface area contributed by atoms with Gasteiger partial charge >= 0.3 is 0 Å². The SMILES string of the molecule is CC(C)(C)c1ccc2c(c1)O[C@H]1CCCC[C@@H]1O2. The van der Waals surface area contributed by atoms with Crippen LogP contribution < -0.4 is 9.47 Å². The van der Waals surface area contributed by atoms with Crippen molar-refractivity contribution >= 4 is 0 Å². The molecule has 0 bridgehead atoms. The van der Waals surface area contributed by atoms with Gasteiger partial charge in [0.25, 0.3) is 0 Å². The maximum Gasteiger partial charge on any atom is 0.162 e. The Kier molecular flexibility index (Phi) is 2.76. The zero-order valence-corrected chi connectivity index (χ0v) is 11.5. The molecule has 0 aromatic heterocycles. The fourth-order valence-electron chi connectivity index (χ4n) is 2.82. The Morgan fingerprint density at radius 3 is 2.17 bits per heavy atom. The zero-order valence-electron chi connectivity index (χ0n) is 11.5. The van der Waals surface area contributed by atoms with E-state index >= 15 is 0 Å². The second-order valence-corrected chi connectivity index (χ2v) is 6.51. The van der Waals surface area contributed by atoms with Crippen molar-refractivity contribution in [3.05, 3.63) is 23.8 Å². The monoisotopic (exact) mass is 246 g/mol. The molecular formula is C16H22O2. The van der Waals surface area contributed by atoms with Gasteiger partial charge in [0.1, 0.15) is 12.2 Å². The van der Waals surface area contributed by atoms with Crippen molar-refractivity contribution < 1.29 is 9.47 Å². The highest BCUT2D eigenvalue weighted by atomic mass is 16.6. The first-order chi connectivity index (χ1) is 8.54. The topological polar surface area (TPSA) is 18.5 Å². The summed E-state index contributed by atoms with van der Waals surface area (Å²) in [5.74, 6) is 1.86. The van der Waals surface area contributed by atoms with Crippen molar-refractivity contribution in [1.29, 1.82) is 0 Å². The largest absolute Gasteiger partial charge is 0.483 e. The normalized spacial score (nSPS) is 26.6. The lowest BCUT2D eigenvalue weighted by Crippen LogP contribution is -2.42. The van der Waals surface area contributed by atoms with Crippen molar-refractivity contribution in [2.45, 2.75) is 64.1 Å². The maximum absolute atomic E-state index is 6.15. The van der Waals surface area contributed by atoms with E-state index in [4.69, 9.17) is 9.47 Å². The second-order valence-electron chi connectivity index (χ2n) is 6.51. The summed E-state index contributed by atoms with van der Waals surface area (Å²) in [6.07, 6.45) is 5.32. The van der Waals surface area contributed by atoms with Crippen LogP contribution in [0.25, 0.3) is 0 Å². The van der Waals surface area contributed by atoms with Crippen LogP contribution in [0.2, 0.25) is 0 Å². The van der Waals surface area contributed by atoms with E-state index in [0.717, 1.165) is 24.3 Å². The highest BCUT2D eigenvalue weighted by molar-refractivity contribution is 5.46. The van der Waals surface area contributed by atoms with Crippen LogP contribution in [0.1, 0.15) is 52.0 Å². The van der Waals surface area contributed by atoms with Gasteiger partial charge in [0.05, 0.1) is 0 Å². The molecule has 0 N–H and O–H groups in total. The first kappa shape index (κ1) is 11.9. The van der Waals surface area contributed by atoms with E-state index in [9.17, 15) is 0 Å². The molecule has 98 valence electrons. The van der Waals surface area contributed by atoms with Gasteiger partial charge in [0.2, 0.25) is 0 Å². The van der Waals surface area contributed by atoms with Crippen molar-refractivity contribution in [3.8, 4) is 11.5 Å². The van der Waals surface area contributed by atoms with Gasteiger partial charge < -0.3 is 9.47 Å². The number of rotatable bonds is 0. The van der Waals surface area contributed by atoms with Gasteiger partial charge in [-0.3, -0.25) is 0 Å². The standard InChI is InChI=1S/C16H22O2/c1-16(2,3)11-8-9-14-15(10-11)18-13-7-5-4-6-12(13)17-14/h8-10,12-13H,4-7H2,1-3H3/t12-,13-/m0/s1. The van der Waals surface area contributed by atoms with Gasteiger partial charge in [-0.2, -0.15) is 0 Å². The van der Waals surface area contributed by atoms with E-state index in [1.807, 2.05) is 0 Å². The molecule has 2 aliphatic rings. The molecule has 1 aliphatic carbocycles. The lowest BCUT2D eigenvalue weighted by atomic mass is 9.86. The molecule has 2 atom stereocenters. The molecule has 0 saturated heterocycles. The molecule has 2 nitrogen and oxygen atoms in total. The van der Waals surface area contributed by atoms with E-state index in [1.165, 1.54) is 18.4 Å². The van der Waals surface area contributed by atoms with Crippen LogP contribution in [0.15, 0.2) is 18.2 Å². The predicted octanol–water partition coefficient (Wildman–Crippen LogP) is 4.07. The summed E-state index contributed by atoms with van der Waals surface area (Å²) < 4.78 is 12.2. The molecule has 1 aromatic rings. The summed E-state index contributed by atoms with van der Waals surface area (Å²) in [7, 11) is 0. The van der Waals surface area contributed by atoms with Crippen LogP contribution >= 0.6 is 0 Å².